The minimum atomic E-state index is -3.90. The summed E-state index contributed by atoms with van der Waals surface area (Å²) in [5.74, 6) is 4.69. The van der Waals surface area contributed by atoms with Gasteiger partial charge in [0.05, 0.1) is 18.1 Å². The molecular weight excluding hydrogens is 238 g/mol. The number of methoxy groups -OCH3 is 1. The fraction of sp³-hybridized carbons (Fsp3) is 0.143. The predicted octanol–water partition coefficient (Wildman–Crippen LogP) is -0.245. The maximum atomic E-state index is 11.4. The van der Waals surface area contributed by atoms with Crippen LogP contribution in [0.5, 0.6) is 5.75 Å². The van der Waals surface area contributed by atoms with Crippen LogP contribution in [0.2, 0.25) is 0 Å². The molecule has 0 spiro atoms. The van der Waals surface area contributed by atoms with E-state index in [4.69, 9.17) is 10.6 Å². The number of sulfonamides is 1. The van der Waals surface area contributed by atoms with Crippen LogP contribution < -0.4 is 15.4 Å². The van der Waals surface area contributed by atoms with Crippen molar-refractivity contribution in [2.45, 2.75) is 4.90 Å². The van der Waals surface area contributed by atoms with Gasteiger partial charge in [-0.2, -0.15) is 0 Å². The highest BCUT2D eigenvalue weighted by Gasteiger charge is 2.20. The number of rotatable bonds is 4. The van der Waals surface area contributed by atoms with E-state index in [1.165, 1.54) is 7.11 Å². The summed E-state index contributed by atoms with van der Waals surface area (Å²) in [7, 11) is -2.70. The average molecular weight is 247 g/mol. The molecule has 0 fully saturated rings. The van der Waals surface area contributed by atoms with Crippen LogP contribution in [0, 0.1) is 10.1 Å². The molecule has 0 aliphatic heterocycles. The van der Waals surface area contributed by atoms with Crippen LogP contribution in [-0.4, -0.2) is 20.5 Å². The van der Waals surface area contributed by atoms with Crippen LogP contribution in [-0.2, 0) is 10.0 Å². The molecule has 0 atom stereocenters. The normalized spacial score (nSPS) is 11.1. The van der Waals surface area contributed by atoms with Crippen LogP contribution in [0.4, 0.5) is 5.69 Å². The molecule has 0 aromatic heterocycles. The summed E-state index contributed by atoms with van der Waals surface area (Å²) in [6, 6.07) is 3.10. The van der Waals surface area contributed by atoms with Crippen LogP contribution in [0.25, 0.3) is 0 Å². The second-order valence-corrected chi connectivity index (χ2v) is 4.40. The van der Waals surface area contributed by atoms with Gasteiger partial charge < -0.3 is 4.74 Å². The molecule has 3 N–H and O–H groups in total. The number of non-ortho nitro benzene ring substituents is 1. The Hall–Kier alpha value is -1.71. The fourth-order valence-electron chi connectivity index (χ4n) is 1.06. The zero-order chi connectivity index (χ0) is 12.3. The molecule has 88 valence electrons. The molecule has 1 aromatic rings. The summed E-state index contributed by atoms with van der Waals surface area (Å²) in [5.41, 5.74) is -0.271. The lowest BCUT2D eigenvalue weighted by Crippen LogP contribution is -2.30. The van der Waals surface area contributed by atoms with Crippen LogP contribution >= 0.6 is 0 Å². The molecule has 0 aliphatic rings. The number of nitro groups is 1. The van der Waals surface area contributed by atoms with Crippen molar-refractivity contribution in [3.05, 3.63) is 28.3 Å². The molecule has 0 bridgehead atoms. The largest absolute Gasteiger partial charge is 0.495 e. The molecule has 1 aromatic carbocycles. The summed E-state index contributed by atoms with van der Waals surface area (Å²) < 4.78 is 27.5. The minimum Gasteiger partial charge on any atom is -0.495 e. The van der Waals surface area contributed by atoms with Crippen molar-refractivity contribution in [2.75, 3.05) is 7.11 Å². The number of hydrazine groups is 1. The highest BCUT2D eigenvalue weighted by Crippen LogP contribution is 2.27. The molecule has 1 rings (SSSR count). The molecule has 0 amide bonds. The Morgan fingerprint density at radius 3 is 2.56 bits per heavy atom. The van der Waals surface area contributed by atoms with Crippen molar-refractivity contribution in [3.8, 4) is 5.75 Å². The third-order valence-corrected chi connectivity index (χ3v) is 3.03. The van der Waals surface area contributed by atoms with E-state index in [9.17, 15) is 18.5 Å². The van der Waals surface area contributed by atoms with Crippen LogP contribution in [0.3, 0.4) is 0 Å². The predicted molar refractivity (Wildman–Crippen MR) is 54.2 cm³/mol. The second kappa shape index (κ2) is 4.43. The van der Waals surface area contributed by atoms with Gasteiger partial charge in [0.2, 0.25) is 0 Å². The van der Waals surface area contributed by atoms with Gasteiger partial charge in [-0.25, -0.2) is 8.42 Å². The van der Waals surface area contributed by atoms with E-state index in [1.54, 1.807) is 4.83 Å². The Bertz CT molecular complexity index is 513. The standard InChI is InChI=1S/C7H9N3O5S/c1-15-6-4-5(10(11)12)2-3-7(6)16(13,14)9-8/h2-4,9H,8H2,1H3. The first-order valence-corrected chi connectivity index (χ1v) is 5.45. The number of hydrogen-bond donors (Lipinski definition) is 2. The monoisotopic (exact) mass is 247 g/mol. The zero-order valence-corrected chi connectivity index (χ0v) is 9.02. The molecule has 0 radical (unpaired) electrons. The first-order chi connectivity index (χ1) is 7.42. The van der Waals surface area contributed by atoms with Crippen molar-refractivity contribution in [1.82, 2.24) is 4.83 Å². The van der Waals surface area contributed by atoms with Gasteiger partial charge >= 0.3 is 0 Å². The third kappa shape index (κ3) is 2.27. The SMILES string of the molecule is COc1cc([N+](=O)[O-])ccc1S(=O)(=O)NN. The maximum absolute atomic E-state index is 11.4. The van der Waals surface area contributed by atoms with Gasteiger partial charge in [0.25, 0.3) is 15.7 Å². The summed E-state index contributed by atoms with van der Waals surface area (Å²) in [6.45, 7) is 0. The first-order valence-electron chi connectivity index (χ1n) is 3.97. The fourth-order valence-corrected chi connectivity index (χ4v) is 1.84. The van der Waals surface area contributed by atoms with E-state index in [0.717, 1.165) is 18.2 Å². The quantitative estimate of drug-likeness (QED) is 0.429. The van der Waals surface area contributed by atoms with E-state index in [1.807, 2.05) is 0 Å². The molecule has 9 heteroatoms. The minimum absolute atomic E-state index is 0.146. The number of nitrogens with two attached hydrogens (primary N) is 1. The van der Waals surface area contributed by atoms with E-state index >= 15 is 0 Å². The average Bonchev–Trinajstić information content (AvgIpc) is 2.28. The van der Waals surface area contributed by atoms with Gasteiger partial charge in [0, 0.05) is 6.07 Å². The van der Waals surface area contributed by atoms with Crippen molar-refractivity contribution < 1.29 is 18.1 Å². The number of benzene rings is 1. The van der Waals surface area contributed by atoms with E-state index < -0.39 is 14.9 Å². The Balaban J connectivity index is 3.39. The van der Waals surface area contributed by atoms with E-state index in [-0.39, 0.29) is 16.3 Å². The summed E-state index contributed by atoms with van der Waals surface area (Å²) in [5, 5.41) is 10.5. The smallest absolute Gasteiger partial charge is 0.273 e. The highest BCUT2D eigenvalue weighted by atomic mass is 32.2. The van der Waals surface area contributed by atoms with Gasteiger partial charge in [0.1, 0.15) is 10.6 Å². The van der Waals surface area contributed by atoms with Crippen molar-refractivity contribution in [3.63, 3.8) is 0 Å². The Morgan fingerprint density at radius 2 is 2.12 bits per heavy atom. The van der Waals surface area contributed by atoms with Crippen LogP contribution in [0.1, 0.15) is 0 Å². The van der Waals surface area contributed by atoms with Gasteiger partial charge in [-0.1, -0.05) is 0 Å². The van der Waals surface area contributed by atoms with Gasteiger partial charge in [-0.05, 0) is 6.07 Å². The Kier molecular flexibility index (Phi) is 3.42. The van der Waals surface area contributed by atoms with Gasteiger partial charge in [0.15, 0.2) is 0 Å². The lowest BCUT2D eigenvalue weighted by atomic mass is 10.3. The summed E-state index contributed by atoms with van der Waals surface area (Å²) >= 11 is 0. The van der Waals surface area contributed by atoms with Gasteiger partial charge in [-0.3, -0.25) is 16.0 Å². The number of hydrogen-bond acceptors (Lipinski definition) is 6. The van der Waals surface area contributed by atoms with Crippen LogP contribution in [0.15, 0.2) is 23.1 Å². The summed E-state index contributed by atoms with van der Waals surface area (Å²) in [4.78, 5) is 11.1. The lowest BCUT2D eigenvalue weighted by Gasteiger charge is -2.07. The molecule has 0 unspecified atom stereocenters. The molecule has 0 saturated heterocycles. The third-order valence-electron chi connectivity index (χ3n) is 1.80. The van der Waals surface area contributed by atoms with Gasteiger partial charge in [-0.15, -0.1) is 4.83 Å². The molecular formula is C7H9N3O5S. The van der Waals surface area contributed by atoms with E-state index in [0.29, 0.717) is 0 Å². The Labute approximate surface area is 91.2 Å². The molecule has 0 aliphatic carbocycles. The lowest BCUT2D eigenvalue weighted by molar-refractivity contribution is -0.385. The molecule has 8 nitrogen and oxygen atoms in total. The Morgan fingerprint density at radius 1 is 1.50 bits per heavy atom. The summed E-state index contributed by atoms with van der Waals surface area (Å²) in [6.07, 6.45) is 0. The van der Waals surface area contributed by atoms with E-state index in [2.05, 4.69) is 0 Å². The number of ether oxygens (including phenoxy) is 1. The molecule has 16 heavy (non-hydrogen) atoms. The number of nitrogens with zero attached hydrogens (tertiary/aromatic N) is 1. The van der Waals surface area contributed by atoms with Crippen molar-refractivity contribution in [1.29, 1.82) is 0 Å². The number of nitrogens with one attached hydrogen (secondary N) is 1. The maximum Gasteiger partial charge on any atom is 0.273 e. The first kappa shape index (κ1) is 12.4. The highest BCUT2D eigenvalue weighted by molar-refractivity contribution is 7.89. The number of nitro benzene ring substituents is 1. The second-order valence-electron chi connectivity index (χ2n) is 2.71. The van der Waals surface area contributed by atoms with Crippen molar-refractivity contribution in [2.24, 2.45) is 5.84 Å². The molecule has 0 heterocycles. The topological polar surface area (TPSA) is 125 Å². The van der Waals surface area contributed by atoms with Crippen molar-refractivity contribution >= 4 is 15.7 Å². The zero-order valence-electron chi connectivity index (χ0n) is 8.21. The molecule has 0 saturated carbocycles.